The minimum atomic E-state index is -4.84. The van der Waals surface area contributed by atoms with Gasteiger partial charge in [-0.15, -0.1) is 13.2 Å². The van der Waals surface area contributed by atoms with Crippen LogP contribution in [0.1, 0.15) is 21.5 Å². The van der Waals surface area contributed by atoms with Crippen molar-refractivity contribution in [3.05, 3.63) is 100 Å². The predicted octanol–water partition coefficient (Wildman–Crippen LogP) is 4.74. The number of alkyl halides is 3. The summed E-state index contributed by atoms with van der Waals surface area (Å²) >= 11 is 5.88. The highest BCUT2D eigenvalue weighted by Crippen LogP contribution is 2.23. The van der Waals surface area contributed by atoms with Gasteiger partial charge in [0.05, 0.1) is 13.2 Å². The molecule has 0 heterocycles. The molecule has 200 valence electrons. The van der Waals surface area contributed by atoms with Crippen molar-refractivity contribution >= 4 is 29.5 Å². The Labute approximate surface area is 221 Å². The number of ether oxygens (including phenoxy) is 2. The molecule has 0 aliphatic carbocycles. The lowest BCUT2D eigenvalue weighted by atomic mass is 10.1. The summed E-state index contributed by atoms with van der Waals surface area (Å²) in [7, 11) is 0. The van der Waals surface area contributed by atoms with Crippen LogP contribution in [-0.2, 0) is 11.2 Å². The number of hydrogen-bond acceptors (Lipinski definition) is 5. The summed E-state index contributed by atoms with van der Waals surface area (Å²) in [6.45, 7) is 0.0281. The molecule has 3 aromatic rings. The summed E-state index contributed by atoms with van der Waals surface area (Å²) in [5.74, 6) is -1.17. The fourth-order valence-electron chi connectivity index (χ4n) is 3.19. The first-order valence-corrected chi connectivity index (χ1v) is 11.8. The number of carbonyl (C=O) groups excluding carboxylic acids is 2. The van der Waals surface area contributed by atoms with Crippen molar-refractivity contribution in [3.8, 4) is 11.5 Å². The zero-order valence-electron chi connectivity index (χ0n) is 19.9. The quantitative estimate of drug-likeness (QED) is 0.301. The maximum atomic E-state index is 12.8. The van der Waals surface area contributed by atoms with Gasteiger partial charge in [0.1, 0.15) is 17.2 Å². The largest absolute Gasteiger partial charge is 0.573 e. The molecule has 3 N–H and O–H groups in total. The van der Waals surface area contributed by atoms with Gasteiger partial charge >= 0.3 is 6.36 Å². The van der Waals surface area contributed by atoms with Crippen LogP contribution in [0.2, 0.25) is 5.02 Å². The van der Waals surface area contributed by atoms with Crippen LogP contribution in [0.25, 0.3) is 6.08 Å². The average molecular weight is 549 g/mol. The SMILES string of the molecule is O=C(NCCO)/C(=C/c1ccc(OC(F)(F)F)cc1)NC(=O)c1ccc(OCCc2ccc(Cl)cc2)cc1. The van der Waals surface area contributed by atoms with E-state index in [1.807, 2.05) is 12.1 Å². The average Bonchev–Trinajstić information content (AvgIpc) is 2.88. The van der Waals surface area contributed by atoms with E-state index >= 15 is 0 Å². The maximum absolute atomic E-state index is 12.8. The fourth-order valence-corrected chi connectivity index (χ4v) is 3.32. The van der Waals surface area contributed by atoms with Gasteiger partial charge in [0.15, 0.2) is 0 Å². The molecule has 0 bridgehead atoms. The van der Waals surface area contributed by atoms with Crippen LogP contribution in [0.5, 0.6) is 11.5 Å². The third kappa shape index (κ3) is 9.45. The number of benzene rings is 3. The summed E-state index contributed by atoms with van der Waals surface area (Å²) in [5, 5.41) is 14.6. The summed E-state index contributed by atoms with van der Waals surface area (Å²) in [5.41, 5.74) is 1.46. The van der Waals surface area contributed by atoms with Crippen LogP contribution in [-0.4, -0.2) is 43.0 Å². The lowest BCUT2D eigenvalue weighted by Gasteiger charge is -2.12. The molecule has 3 rings (SSSR count). The topological polar surface area (TPSA) is 96.9 Å². The molecule has 0 saturated carbocycles. The molecule has 0 fully saturated rings. The molecule has 11 heteroatoms. The second-order valence-electron chi connectivity index (χ2n) is 7.86. The van der Waals surface area contributed by atoms with Gasteiger partial charge in [-0.25, -0.2) is 0 Å². The number of aliphatic hydroxyl groups is 1. The molecule has 3 aromatic carbocycles. The van der Waals surface area contributed by atoms with Crippen molar-refractivity contribution < 1.29 is 37.3 Å². The number of halogens is 4. The summed E-state index contributed by atoms with van der Waals surface area (Å²) in [4.78, 5) is 25.3. The van der Waals surface area contributed by atoms with E-state index in [4.69, 9.17) is 21.4 Å². The molecule has 7 nitrogen and oxygen atoms in total. The van der Waals surface area contributed by atoms with Crippen molar-refractivity contribution in [1.82, 2.24) is 10.6 Å². The Bertz CT molecular complexity index is 1250. The Morgan fingerprint density at radius 3 is 2.16 bits per heavy atom. The van der Waals surface area contributed by atoms with Gasteiger partial charge in [-0.05, 0) is 65.7 Å². The number of amides is 2. The zero-order chi connectivity index (χ0) is 27.5. The van der Waals surface area contributed by atoms with E-state index in [2.05, 4.69) is 15.4 Å². The first-order chi connectivity index (χ1) is 18.1. The smallest absolute Gasteiger partial charge is 0.493 e. The minimum Gasteiger partial charge on any atom is -0.493 e. The van der Waals surface area contributed by atoms with E-state index in [1.54, 1.807) is 24.3 Å². The number of hydrogen-bond donors (Lipinski definition) is 3. The fraction of sp³-hybridized carbons (Fsp3) is 0.185. The van der Waals surface area contributed by atoms with Crippen LogP contribution in [0.3, 0.4) is 0 Å². The molecule has 0 saturated heterocycles. The van der Waals surface area contributed by atoms with Gasteiger partial charge in [-0.1, -0.05) is 35.9 Å². The third-order valence-electron chi connectivity index (χ3n) is 5.00. The van der Waals surface area contributed by atoms with E-state index in [0.717, 1.165) is 17.7 Å². The van der Waals surface area contributed by atoms with Crippen molar-refractivity contribution in [1.29, 1.82) is 0 Å². The standard InChI is InChI=1S/C27H24ClF3N2O5/c28-21-7-1-18(2-8-21)13-16-37-22-11-5-20(6-12-22)25(35)33-24(26(36)32-14-15-34)17-19-3-9-23(10-4-19)38-27(29,30)31/h1-12,17,34H,13-16H2,(H,32,36)(H,33,35)/b24-17-. The van der Waals surface area contributed by atoms with Gasteiger partial charge in [-0.2, -0.15) is 0 Å². The molecule has 0 spiro atoms. The first-order valence-electron chi connectivity index (χ1n) is 11.4. The molecule has 0 unspecified atom stereocenters. The Hall–Kier alpha value is -4.02. The molecular weight excluding hydrogens is 525 g/mol. The van der Waals surface area contributed by atoms with Crippen LogP contribution in [0, 0.1) is 0 Å². The van der Waals surface area contributed by atoms with Crippen LogP contribution in [0.4, 0.5) is 13.2 Å². The van der Waals surface area contributed by atoms with Crippen molar-refractivity contribution in [2.24, 2.45) is 0 Å². The highest BCUT2D eigenvalue weighted by Gasteiger charge is 2.31. The van der Waals surface area contributed by atoms with Crippen molar-refractivity contribution in [2.45, 2.75) is 12.8 Å². The van der Waals surface area contributed by atoms with E-state index in [9.17, 15) is 22.8 Å². The Balaban J connectivity index is 1.65. The number of rotatable bonds is 11. The Morgan fingerprint density at radius 1 is 0.921 bits per heavy atom. The summed E-state index contributed by atoms with van der Waals surface area (Å²) in [6.07, 6.45) is -2.88. The van der Waals surface area contributed by atoms with Gasteiger partial charge in [-0.3, -0.25) is 9.59 Å². The lowest BCUT2D eigenvalue weighted by molar-refractivity contribution is -0.274. The highest BCUT2D eigenvalue weighted by molar-refractivity contribution is 6.30. The van der Waals surface area contributed by atoms with Gasteiger partial charge in [0.2, 0.25) is 0 Å². The number of nitrogens with one attached hydrogen (secondary N) is 2. The molecule has 0 radical (unpaired) electrons. The Morgan fingerprint density at radius 2 is 1.55 bits per heavy atom. The van der Waals surface area contributed by atoms with E-state index in [-0.39, 0.29) is 24.4 Å². The van der Waals surface area contributed by atoms with E-state index in [1.165, 1.54) is 30.3 Å². The van der Waals surface area contributed by atoms with Crippen LogP contribution in [0.15, 0.2) is 78.5 Å². The van der Waals surface area contributed by atoms with Crippen molar-refractivity contribution in [2.75, 3.05) is 19.8 Å². The minimum absolute atomic E-state index is 0.0630. The molecular formula is C27H24ClF3N2O5. The summed E-state index contributed by atoms with van der Waals surface area (Å²) < 4.78 is 46.7. The van der Waals surface area contributed by atoms with Gasteiger partial charge < -0.3 is 25.2 Å². The molecule has 0 aliphatic rings. The molecule has 0 aliphatic heterocycles. The zero-order valence-corrected chi connectivity index (χ0v) is 20.7. The normalized spacial score (nSPS) is 11.6. The molecule has 38 heavy (non-hydrogen) atoms. The Kier molecular flexibility index (Phi) is 10.1. The van der Waals surface area contributed by atoms with E-state index in [0.29, 0.717) is 29.4 Å². The van der Waals surface area contributed by atoms with Crippen LogP contribution < -0.4 is 20.1 Å². The number of aliphatic hydroxyl groups excluding tert-OH is 1. The van der Waals surface area contributed by atoms with Gasteiger partial charge in [0, 0.05) is 23.6 Å². The second kappa shape index (κ2) is 13.5. The highest BCUT2D eigenvalue weighted by atomic mass is 35.5. The third-order valence-corrected chi connectivity index (χ3v) is 5.26. The molecule has 0 aromatic heterocycles. The predicted molar refractivity (Wildman–Crippen MR) is 136 cm³/mol. The maximum Gasteiger partial charge on any atom is 0.573 e. The lowest BCUT2D eigenvalue weighted by Crippen LogP contribution is -2.36. The number of carbonyl (C=O) groups is 2. The van der Waals surface area contributed by atoms with Gasteiger partial charge in [0.25, 0.3) is 11.8 Å². The van der Waals surface area contributed by atoms with Crippen molar-refractivity contribution in [3.63, 3.8) is 0 Å². The van der Waals surface area contributed by atoms with E-state index < -0.39 is 23.9 Å². The first kappa shape index (κ1) is 28.5. The summed E-state index contributed by atoms with van der Waals surface area (Å²) in [6, 6.07) is 18.5. The monoisotopic (exact) mass is 548 g/mol. The van der Waals surface area contributed by atoms with Crippen LogP contribution >= 0.6 is 11.6 Å². The molecule has 2 amide bonds. The molecule has 0 atom stereocenters. The second-order valence-corrected chi connectivity index (χ2v) is 8.29.